The molecule has 0 saturated carbocycles. The summed E-state index contributed by atoms with van der Waals surface area (Å²) in [6.07, 6.45) is 4.23. The molecule has 18 heavy (non-hydrogen) atoms. The van der Waals surface area contributed by atoms with E-state index in [-0.39, 0.29) is 0 Å². The lowest BCUT2D eigenvalue weighted by Crippen LogP contribution is -2.42. The van der Waals surface area contributed by atoms with Crippen molar-refractivity contribution in [2.75, 3.05) is 39.3 Å². The summed E-state index contributed by atoms with van der Waals surface area (Å²) in [7, 11) is 0. The van der Waals surface area contributed by atoms with Crippen LogP contribution in [-0.2, 0) is 0 Å². The molecule has 0 aromatic carbocycles. The van der Waals surface area contributed by atoms with Gasteiger partial charge in [-0.1, -0.05) is 13.8 Å². The summed E-state index contributed by atoms with van der Waals surface area (Å²) in [6, 6.07) is 1.57. The van der Waals surface area contributed by atoms with Crippen LogP contribution in [0.2, 0.25) is 0 Å². The van der Waals surface area contributed by atoms with Crippen molar-refractivity contribution in [3.05, 3.63) is 0 Å². The minimum Gasteiger partial charge on any atom is -0.317 e. The van der Waals surface area contributed by atoms with Gasteiger partial charge in [0.2, 0.25) is 0 Å². The van der Waals surface area contributed by atoms with Crippen molar-refractivity contribution in [2.24, 2.45) is 5.92 Å². The van der Waals surface area contributed by atoms with E-state index >= 15 is 0 Å². The van der Waals surface area contributed by atoms with Crippen LogP contribution in [0.1, 0.15) is 40.0 Å². The van der Waals surface area contributed by atoms with Crippen LogP contribution in [-0.4, -0.2) is 61.2 Å². The van der Waals surface area contributed by atoms with Crippen LogP contribution in [0, 0.1) is 5.92 Å². The second kappa shape index (κ2) is 6.88. The standard InChI is InChI=1S/C15H31N3/c1-4-16-11-13(2)14(3)18-10-7-15(12-18)17-8-5-6-9-17/h13-16H,4-12H2,1-3H3. The average molecular weight is 253 g/mol. The van der Waals surface area contributed by atoms with Gasteiger partial charge in [0, 0.05) is 25.2 Å². The molecule has 3 atom stereocenters. The fourth-order valence-corrected chi connectivity index (χ4v) is 3.45. The molecular weight excluding hydrogens is 222 g/mol. The number of hydrogen-bond donors (Lipinski definition) is 1. The SMILES string of the molecule is CCNCC(C)C(C)N1CCC(N2CCCC2)C1. The predicted molar refractivity (Wildman–Crippen MR) is 78.0 cm³/mol. The highest BCUT2D eigenvalue weighted by atomic mass is 15.3. The zero-order chi connectivity index (χ0) is 13.0. The fraction of sp³-hybridized carbons (Fsp3) is 1.00. The summed E-state index contributed by atoms with van der Waals surface area (Å²) in [6.45, 7) is 14.5. The van der Waals surface area contributed by atoms with Gasteiger partial charge in [0.25, 0.3) is 0 Å². The third-order valence-corrected chi connectivity index (χ3v) is 4.97. The van der Waals surface area contributed by atoms with Crippen molar-refractivity contribution in [1.82, 2.24) is 15.1 Å². The highest BCUT2D eigenvalue weighted by Gasteiger charge is 2.32. The average Bonchev–Trinajstić information content (AvgIpc) is 3.04. The lowest BCUT2D eigenvalue weighted by molar-refractivity contribution is 0.171. The third-order valence-electron chi connectivity index (χ3n) is 4.97. The molecule has 0 aromatic heterocycles. The Morgan fingerprint density at radius 3 is 2.56 bits per heavy atom. The van der Waals surface area contributed by atoms with Gasteiger partial charge in [-0.25, -0.2) is 0 Å². The smallest absolute Gasteiger partial charge is 0.0235 e. The molecule has 0 aromatic rings. The van der Waals surface area contributed by atoms with Gasteiger partial charge in [-0.3, -0.25) is 9.80 Å². The van der Waals surface area contributed by atoms with Crippen LogP contribution < -0.4 is 5.32 Å². The molecule has 0 spiro atoms. The van der Waals surface area contributed by atoms with Gasteiger partial charge in [0.05, 0.1) is 0 Å². The largest absolute Gasteiger partial charge is 0.317 e. The monoisotopic (exact) mass is 253 g/mol. The number of nitrogens with zero attached hydrogens (tertiary/aromatic N) is 2. The van der Waals surface area contributed by atoms with E-state index < -0.39 is 0 Å². The molecule has 2 aliphatic rings. The first-order chi connectivity index (χ1) is 8.72. The highest BCUT2D eigenvalue weighted by molar-refractivity contribution is 4.89. The van der Waals surface area contributed by atoms with E-state index in [2.05, 4.69) is 35.9 Å². The third kappa shape index (κ3) is 3.46. The van der Waals surface area contributed by atoms with Crippen molar-refractivity contribution in [3.63, 3.8) is 0 Å². The Morgan fingerprint density at radius 1 is 1.17 bits per heavy atom. The Bertz CT molecular complexity index is 238. The minimum atomic E-state index is 0.719. The molecule has 2 fully saturated rings. The summed E-state index contributed by atoms with van der Waals surface area (Å²) in [4.78, 5) is 5.44. The van der Waals surface area contributed by atoms with Gasteiger partial charge in [-0.2, -0.15) is 0 Å². The summed E-state index contributed by atoms with van der Waals surface area (Å²) in [5.74, 6) is 0.752. The minimum absolute atomic E-state index is 0.719. The molecule has 2 rings (SSSR count). The summed E-state index contributed by atoms with van der Waals surface area (Å²) in [5, 5.41) is 3.48. The summed E-state index contributed by atoms with van der Waals surface area (Å²) < 4.78 is 0. The topological polar surface area (TPSA) is 18.5 Å². The number of nitrogens with one attached hydrogen (secondary N) is 1. The zero-order valence-electron chi connectivity index (χ0n) is 12.5. The first-order valence-electron chi connectivity index (χ1n) is 7.91. The van der Waals surface area contributed by atoms with Crippen molar-refractivity contribution in [3.8, 4) is 0 Å². The fourth-order valence-electron chi connectivity index (χ4n) is 3.45. The van der Waals surface area contributed by atoms with E-state index in [0.29, 0.717) is 0 Å². The van der Waals surface area contributed by atoms with Crippen LogP contribution in [0.4, 0.5) is 0 Å². The molecule has 2 aliphatic heterocycles. The van der Waals surface area contributed by atoms with Gasteiger partial charge in [-0.05, 0) is 58.3 Å². The molecule has 0 amide bonds. The normalized spacial score (nSPS) is 29.8. The van der Waals surface area contributed by atoms with Gasteiger partial charge < -0.3 is 5.32 Å². The van der Waals surface area contributed by atoms with Crippen molar-refractivity contribution < 1.29 is 0 Å². The Morgan fingerprint density at radius 2 is 1.89 bits per heavy atom. The maximum Gasteiger partial charge on any atom is 0.0235 e. The molecule has 0 aliphatic carbocycles. The van der Waals surface area contributed by atoms with Gasteiger partial charge in [0.1, 0.15) is 0 Å². The van der Waals surface area contributed by atoms with E-state index in [0.717, 1.165) is 31.1 Å². The molecule has 3 nitrogen and oxygen atoms in total. The molecule has 0 radical (unpaired) electrons. The van der Waals surface area contributed by atoms with Crippen LogP contribution in [0.3, 0.4) is 0 Å². The van der Waals surface area contributed by atoms with E-state index in [4.69, 9.17) is 0 Å². The van der Waals surface area contributed by atoms with Crippen molar-refractivity contribution >= 4 is 0 Å². The number of hydrogen-bond acceptors (Lipinski definition) is 3. The van der Waals surface area contributed by atoms with Gasteiger partial charge in [0.15, 0.2) is 0 Å². The van der Waals surface area contributed by atoms with Crippen molar-refractivity contribution in [2.45, 2.75) is 52.1 Å². The maximum absolute atomic E-state index is 3.48. The molecule has 1 N–H and O–H groups in total. The van der Waals surface area contributed by atoms with E-state index in [1.165, 1.54) is 45.4 Å². The molecule has 2 heterocycles. The Kier molecular flexibility index (Phi) is 5.46. The predicted octanol–water partition coefficient (Wildman–Crippen LogP) is 1.79. The maximum atomic E-state index is 3.48. The van der Waals surface area contributed by atoms with Gasteiger partial charge in [-0.15, -0.1) is 0 Å². The molecule has 3 heteroatoms. The second-order valence-corrected chi connectivity index (χ2v) is 6.21. The summed E-state index contributed by atoms with van der Waals surface area (Å²) in [5.41, 5.74) is 0. The lowest BCUT2D eigenvalue weighted by Gasteiger charge is -2.31. The van der Waals surface area contributed by atoms with E-state index in [1.54, 1.807) is 0 Å². The Labute approximate surface area is 113 Å². The zero-order valence-corrected chi connectivity index (χ0v) is 12.5. The summed E-state index contributed by atoms with van der Waals surface area (Å²) >= 11 is 0. The molecule has 3 unspecified atom stereocenters. The number of rotatable bonds is 6. The van der Waals surface area contributed by atoms with Crippen LogP contribution in [0.25, 0.3) is 0 Å². The molecule has 106 valence electrons. The van der Waals surface area contributed by atoms with Crippen LogP contribution in [0.15, 0.2) is 0 Å². The first kappa shape index (κ1) is 14.3. The number of likely N-dealkylation sites (tertiary alicyclic amines) is 2. The lowest BCUT2D eigenvalue weighted by atomic mass is 10.0. The van der Waals surface area contributed by atoms with E-state index in [9.17, 15) is 0 Å². The van der Waals surface area contributed by atoms with Crippen LogP contribution >= 0.6 is 0 Å². The van der Waals surface area contributed by atoms with Crippen molar-refractivity contribution in [1.29, 1.82) is 0 Å². The van der Waals surface area contributed by atoms with Crippen LogP contribution in [0.5, 0.6) is 0 Å². The van der Waals surface area contributed by atoms with E-state index in [1.807, 2.05) is 0 Å². The Hall–Kier alpha value is -0.120. The first-order valence-corrected chi connectivity index (χ1v) is 7.91. The quantitative estimate of drug-likeness (QED) is 0.778. The van der Waals surface area contributed by atoms with Gasteiger partial charge >= 0.3 is 0 Å². The molecule has 0 bridgehead atoms. The second-order valence-electron chi connectivity index (χ2n) is 6.21. The highest BCUT2D eigenvalue weighted by Crippen LogP contribution is 2.23. The molecular formula is C15H31N3. The Balaban J connectivity index is 1.76. The molecule has 2 saturated heterocycles.